The highest BCUT2D eigenvalue weighted by Gasteiger charge is 2.46. The molecule has 1 aliphatic heterocycles. The molecule has 9 nitrogen and oxygen atoms in total. The van der Waals surface area contributed by atoms with Crippen LogP contribution in [0.5, 0.6) is 0 Å². The fourth-order valence-electron chi connectivity index (χ4n) is 4.95. The van der Waals surface area contributed by atoms with Crippen LogP contribution < -0.4 is 14.3 Å². The summed E-state index contributed by atoms with van der Waals surface area (Å²) >= 11 is 0. The first-order chi connectivity index (χ1) is 15.7. The Labute approximate surface area is 201 Å². The molecule has 2 aliphatic rings. The van der Waals surface area contributed by atoms with Crippen molar-refractivity contribution < 1.29 is 26.0 Å². The summed E-state index contributed by atoms with van der Waals surface area (Å²) in [6.45, 7) is 5.60. The first kappa shape index (κ1) is 24.7. The second-order valence-corrected chi connectivity index (χ2v) is 13.7. The second kappa shape index (κ2) is 8.39. The van der Waals surface area contributed by atoms with Gasteiger partial charge < -0.3 is 9.32 Å². The average molecular weight is 510 g/mol. The number of fused-ring (bicyclic) bond motifs is 2. The van der Waals surface area contributed by atoms with E-state index in [4.69, 9.17) is 4.42 Å². The van der Waals surface area contributed by atoms with Crippen molar-refractivity contribution in [2.24, 2.45) is 0 Å². The number of carbonyl (C=O) groups is 1. The van der Waals surface area contributed by atoms with E-state index in [0.29, 0.717) is 17.9 Å². The fourth-order valence-corrected chi connectivity index (χ4v) is 6.86. The van der Waals surface area contributed by atoms with E-state index in [2.05, 4.69) is 9.44 Å². The van der Waals surface area contributed by atoms with Gasteiger partial charge in [-0.2, -0.15) is 0 Å². The molecule has 1 amide bonds. The maximum atomic E-state index is 13.5. The van der Waals surface area contributed by atoms with Crippen molar-refractivity contribution in [3.63, 3.8) is 0 Å². The molecule has 2 N–H and O–H groups in total. The fraction of sp³-hybridized carbons (Fsp3) is 0.522. The molecule has 2 aromatic rings. The average Bonchev–Trinajstić information content (AvgIpc) is 3.30. The number of amides is 1. The Bertz CT molecular complexity index is 1320. The van der Waals surface area contributed by atoms with E-state index >= 15 is 0 Å². The van der Waals surface area contributed by atoms with Crippen LogP contribution in [0, 0.1) is 0 Å². The SMILES string of the molecule is CC(C)(C)NS(=O)(=O)c1ccc(C(=O)N2CC3(CCCCC3)c3cc(NS(C)(=O)=O)ccc32)o1. The van der Waals surface area contributed by atoms with Crippen LogP contribution in [0.2, 0.25) is 0 Å². The van der Waals surface area contributed by atoms with Gasteiger partial charge in [0.05, 0.1) is 6.26 Å². The summed E-state index contributed by atoms with van der Waals surface area (Å²) < 4.78 is 59.3. The van der Waals surface area contributed by atoms with Crippen LogP contribution in [0.4, 0.5) is 11.4 Å². The molecule has 0 atom stereocenters. The number of nitrogens with one attached hydrogen (secondary N) is 2. The van der Waals surface area contributed by atoms with Crippen LogP contribution >= 0.6 is 0 Å². The third-order valence-electron chi connectivity index (χ3n) is 6.18. The summed E-state index contributed by atoms with van der Waals surface area (Å²) in [5, 5.41) is -0.315. The predicted molar refractivity (Wildman–Crippen MR) is 130 cm³/mol. The zero-order valence-electron chi connectivity index (χ0n) is 19.8. The first-order valence-corrected chi connectivity index (χ1v) is 14.6. The molecule has 1 aliphatic carbocycles. The van der Waals surface area contributed by atoms with Gasteiger partial charge in [0, 0.05) is 28.9 Å². The monoisotopic (exact) mass is 509 g/mol. The van der Waals surface area contributed by atoms with Gasteiger partial charge in [-0.1, -0.05) is 19.3 Å². The van der Waals surface area contributed by atoms with E-state index in [1.54, 1.807) is 37.8 Å². The number of hydrogen-bond acceptors (Lipinski definition) is 6. The highest BCUT2D eigenvalue weighted by molar-refractivity contribution is 7.92. The lowest BCUT2D eigenvalue weighted by atomic mass is 9.70. The highest BCUT2D eigenvalue weighted by Crippen LogP contribution is 2.50. The molecule has 4 rings (SSSR count). The van der Waals surface area contributed by atoms with Crippen molar-refractivity contribution in [2.75, 3.05) is 22.4 Å². The predicted octanol–water partition coefficient (Wildman–Crippen LogP) is 3.59. The standard InChI is InChI=1S/C23H31N3O6S2/c1-22(2,3)25-34(30,31)20-11-10-19(32-20)21(27)26-15-23(12-6-5-7-13-23)17-14-16(8-9-18(17)26)24-33(4,28)29/h8-11,14,24-25H,5-7,12-13,15H2,1-4H3. The van der Waals surface area contributed by atoms with Crippen LogP contribution in [0.25, 0.3) is 0 Å². The summed E-state index contributed by atoms with van der Waals surface area (Å²) in [5.41, 5.74) is 1.12. The Morgan fingerprint density at radius 2 is 1.71 bits per heavy atom. The highest BCUT2D eigenvalue weighted by atomic mass is 32.2. The minimum absolute atomic E-state index is 0.0635. The van der Waals surface area contributed by atoms with Crippen molar-refractivity contribution in [1.82, 2.24) is 4.72 Å². The maximum Gasteiger partial charge on any atom is 0.294 e. The first-order valence-electron chi connectivity index (χ1n) is 11.3. The summed E-state index contributed by atoms with van der Waals surface area (Å²) in [4.78, 5) is 15.1. The van der Waals surface area contributed by atoms with Crippen molar-refractivity contribution in [3.8, 4) is 0 Å². The summed E-state index contributed by atoms with van der Waals surface area (Å²) in [6.07, 6.45) is 6.04. The molecule has 1 spiro atoms. The largest absolute Gasteiger partial charge is 0.438 e. The van der Waals surface area contributed by atoms with Gasteiger partial charge in [-0.05, 0) is 69.5 Å². The van der Waals surface area contributed by atoms with E-state index in [-0.39, 0.29) is 16.3 Å². The third kappa shape index (κ3) is 5.01. The number of furan rings is 1. The smallest absolute Gasteiger partial charge is 0.294 e. The van der Waals surface area contributed by atoms with Gasteiger partial charge in [-0.15, -0.1) is 0 Å². The zero-order chi connectivity index (χ0) is 24.9. The molecule has 11 heteroatoms. The summed E-state index contributed by atoms with van der Waals surface area (Å²) in [6, 6.07) is 7.86. The number of sulfonamides is 2. The molecule has 0 unspecified atom stereocenters. The number of hydrogen-bond donors (Lipinski definition) is 2. The van der Waals surface area contributed by atoms with Gasteiger partial charge in [-0.25, -0.2) is 21.6 Å². The van der Waals surface area contributed by atoms with E-state index < -0.39 is 31.5 Å². The molecule has 0 bridgehead atoms. The van der Waals surface area contributed by atoms with Crippen LogP contribution in [0.3, 0.4) is 0 Å². The molecule has 1 fully saturated rings. The molecule has 0 radical (unpaired) electrons. The lowest BCUT2D eigenvalue weighted by molar-refractivity contribution is 0.0950. The molecular formula is C23H31N3O6S2. The topological polar surface area (TPSA) is 126 Å². The normalized spacial score (nSPS) is 18.2. The van der Waals surface area contributed by atoms with Crippen LogP contribution in [-0.4, -0.2) is 41.1 Å². The van der Waals surface area contributed by atoms with Gasteiger partial charge in [0.15, 0.2) is 5.76 Å². The van der Waals surface area contributed by atoms with Gasteiger partial charge in [0.2, 0.25) is 15.1 Å². The number of carbonyl (C=O) groups excluding carboxylic acids is 1. The van der Waals surface area contributed by atoms with Gasteiger partial charge in [0.25, 0.3) is 15.9 Å². The van der Waals surface area contributed by atoms with Gasteiger partial charge in [0.1, 0.15) is 0 Å². The van der Waals surface area contributed by atoms with E-state index in [1.165, 1.54) is 12.1 Å². The number of benzene rings is 1. The van der Waals surface area contributed by atoms with Crippen LogP contribution in [0.15, 0.2) is 39.8 Å². The molecule has 186 valence electrons. The van der Waals surface area contributed by atoms with Gasteiger partial charge in [-0.3, -0.25) is 9.52 Å². The molecule has 1 saturated carbocycles. The second-order valence-electron chi connectivity index (χ2n) is 10.3. The zero-order valence-corrected chi connectivity index (χ0v) is 21.5. The quantitative estimate of drug-likeness (QED) is 0.634. The lowest BCUT2D eigenvalue weighted by Gasteiger charge is -2.34. The van der Waals surface area contributed by atoms with Crippen LogP contribution in [-0.2, 0) is 25.5 Å². The molecule has 0 saturated heterocycles. The number of rotatable bonds is 5. The van der Waals surface area contributed by atoms with E-state index in [9.17, 15) is 21.6 Å². The maximum absolute atomic E-state index is 13.5. The Morgan fingerprint density at radius 3 is 2.32 bits per heavy atom. The Morgan fingerprint density at radius 1 is 1.03 bits per heavy atom. The molecule has 34 heavy (non-hydrogen) atoms. The number of nitrogens with zero attached hydrogens (tertiary/aromatic N) is 1. The molecule has 1 aromatic heterocycles. The van der Waals surface area contributed by atoms with Gasteiger partial charge >= 0.3 is 0 Å². The third-order valence-corrected chi connectivity index (χ3v) is 8.41. The van der Waals surface area contributed by atoms with Crippen molar-refractivity contribution in [2.45, 2.75) is 68.9 Å². The van der Waals surface area contributed by atoms with E-state index in [1.807, 2.05) is 6.07 Å². The summed E-state index contributed by atoms with van der Waals surface area (Å²) in [5.74, 6) is -0.490. The molecule has 2 heterocycles. The number of anilines is 2. The van der Waals surface area contributed by atoms with Crippen molar-refractivity contribution >= 4 is 37.3 Å². The Kier molecular flexibility index (Phi) is 6.10. The molecule has 1 aromatic carbocycles. The van der Waals surface area contributed by atoms with E-state index in [0.717, 1.165) is 43.9 Å². The summed E-state index contributed by atoms with van der Waals surface area (Å²) in [7, 11) is -7.36. The van der Waals surface area contributed by atoms with Crippen LogP contribution in [0.1, 0.15) is 69.0 Å². The lowest BCUT2D eigenvalue weighted by Crippen LogP contribution is -2.40. The minimum atomic E-state index is -3.92. The van der Waals surface area contributed by atoms with Crippen molar-refractivity contribution in [1.29, 1.82) is 0 Å². The minimum Gasteiger partial charge on any atom is -0.438 e. The van der Waals surface area contributed by atoms with Crippen molar-refractivity contribution in [3.05, 3.63) is 41.7 Å². The Balaban J connectivity index is 1.69. The molecular weight excluding hydrogens is 478 g/mol. The Hall–Kier alpha value is -2.37.